The van der Waals surface area contributed by atoms with Gasteiger partial charge in [0, 0.05) is 37.7 Å². The van der Waals surface area contributed by atoms with Gasteiger partial charge in [0.25, 0.3) is 0 Å². The van der Waals surface area contributed by atoms with Crippen LogP contribution in [0.3, 0.4) is 0 Å². The molecule has 0 spiro atoms. The van der Waals surface area contributed by atoms with E-state index in [-0.39, 0.29) is 25.7 Å². The van der Waals surface area contributed by atoms with Crippen LogP contribution in [0.2, 0.25) is 0 Å². The van der Waals surface area contributed by atoms with E-state index in [0.717, 1.165) is 16.2 Å². The Kier molecular flexibility index (Phi) is 9.10. The molecule has 0 bridgehead atoms. The number of anilines is 1. The molecule has 39 heavy (non-hydrogen) atoms. The second-order valence-corrected chi connectivity index (χ2v) is 8.74. The van der Waals surface area contributed by atoms with Crippen LogP contribution in [0.5, 0.6) is 0 Å². The highest BCUT2D eigenvalue weighted by Gasteiger charge is 2.37. The molecule has 1 aromatic heterocycles. The molecule has 0 saturated carbocycles. The van der Waals surface area contributed by atoms with E-state index in [0.29, 0.717) is 12.1 Å². The molecule has 0 saturated heterocycles. The van der Waals surface area contributed by atoms with E-state index < -0.39 is 47.6 Å². The number of hydrogen-bond donors (Lipinski definition) is 1. The maximum atomic E-state index is 13.4. The summed E-state index contributed by atoms with van der Waals surface area (Å²) < 4.78 is 81.2. The highest BCUT2D eigenvalue weighted by molar-refractivity contribution is 5.92. The molecule has 12 heteroatoms. The Morgan fingerprint density at radius 1 is 0.897 bits per heavy atom. The first-order valence-corrected chi connectivity index (χ1v) is 11.7. The van der Waals surface area contributed by atoms with Gasteiger partial charge in [-0.2, -0.15) is 26.3 Å². The average molecular weight is 553 g/mol. The Morgan fingerprint density at radius 3 is 2.03 bits per heavy atom. The number of hydrogen-bond acceptors (Lipinski definition) is 2. The number of urea groups is 1. The van der Waals surface area contributed by atoms with Crippen molar-refractivity contribution in [3.8, 4) is 0 Å². The number of nitrogens with one attached hydrogen (secondary N) is 1. The lowest BCUT2D eigenvalue weighted by Gasteiger charge is -2.28. The Balaban J connectivity index is 1.84. The van der Waals surface area contributed by atoms with Gasteiger partial charge in [-0.1, -0.05) is 36.4 Å². The third kappa shape index (κ3) is 8.13. The van der Waals surface area contributed by atoms with E-state index in [1.807, 2.05) is 60.3 Å². The van der Waals surface area contributed by atoms with Crippen molar-refractivity contribution >= 4 is 17.6 Å². The van der Waals surface area contributed by atoms with E-state index in [4.69, 9.17) is 0 Å². The summed E-state index contributed by atoms with van der Waals surface area (Å²) in [5.74, 6) is -0.489. The monoisotopic (exact) mass is 552 g/mol. The van der Waals surface area contributed by atoms with Crippen molar-refractivity contribution in [2.45, 2.75) is 25.4 Å². The van der Waals surface area contributed by atoms with Crippen LogP contribution < -0.4 is 5.32 Å². The van der Waals surface area contributed by atoms with Gasteiger partial charge in [-0.05, 0) is 35.9 Å². The molecule has 1 N–H and O–H groups in total. The average Bonchev–Trinajstić information content (AvgIpc) is 3.26. The molecule has 6 nitrogen and oxygen atoms in total. The summed E-state index contributed by atoms with van der Waals surface area (Å²) >= 11 is 0. The molecule has 3 aromatic rings. The predicted molar refractivity (Wildman–Crippen MR) is 133 cm³/mol. The third-order valence-electron chi connectivity index (χ3n) is 5.77. The van der Waals surface area contributed by atoms with Gasteiger partial charge in [0.15, 0.2) is 0 Å². The number of amides is 3. The number of carbonyl (C=O) groups excluding carboxylic acids is 2. The standard InChI is InChI=1S/C27H26F6N4O2/c1-3-11-36(25(39)34-22-14-20(26(28,29)30)13-21(15-22)27(31,32)33)18-24(38)37(16-19-8-5-4-6-9-19)17-23-10-7-12-35(23)2/h3-10,12-15H,1,11,16-18H2,2H3,(H,34,39). The molecule has 1 heterocycles. The summed E-state index contributed by atoms with van der Waals surface area (Å²) in [5.41, 5.74) is -2.23. The SMILES string of the molecule is C=CCN(CC(=O)N(Cc1ccccc1)Cc1cccn1C)C(=O)Nc1cc(C(F)(F)F)cc(C(F)(F)F)c1. The quantitative estimate of drug-likeness (QED) is 0.250. The van der Waals surface area contributed by atoms with Crippen molar-refractivity contribution in [3.63, 3.8) is 0 Å². The fourth-order valence-electron chi connectivity index (χ4n) is 3.76. The largest absolute Gasteiger partial charge is 0.416 e. The summed E-state index contributed by atoms with van der Waals surface area (Å²) in [6, 6.07) is 12.4. The smallest absolute Gasteiger partial charge is 0.353 e. The molecular formula is C27H26F6N4O2. The fraction of sp³-hybridized carbons (Fsp3) is 0.259. The summed E-state index contributed by atoms with van der Waals surface area (Å²) in [4.78, 5) is 28.8. The van der Waals surface area contributed by atoms with E-state index in [1.54, 1.807) is 0 Å². The Labute approximate surface area is 221 Å². The van der Waals surface area contributed by atoms with Gasteiger partial charge >= 0.3 is 18.4 Å². The number of nitrogens with zero attached hydrogens (tertiary/aromatic N) is 3. The van der Waals surface area contributed by atoms with E-state index >= 15 is 0 Å². The van der Waals surface area contributed by atoms with Gasteiger partial charge < -0.3 is 19.7 Å². The Hall–Kier alpha value is -4.22. The molecule has 0 aliphatic heterocycles. The van der Waals surface area contributed by atoms with Gasteiger partial charge in [-0.3, -0.25) is 4.79 Å². The van der Waals surface area contributed by atoms with Crippen molar-refractivity contribution in [3.05, 3.63) is 102 Å². The first-order valence-electron chi connectivity index (χ1n) is 11.7. The number of aryl methyl sites for hydroxylation is 1. The van der Waals surface area contributed by atoms with Crippen LogP contribution >= 0.6 is 0 Å². The molecular weight excluding hydrogens is 526 g/mol. The molecule has 2 aromatic carbocycles. The van der Waals surface area contributed by atoms with Crippen molar-refractivity contribution in [1.82, 2.24) is 14.4 Å². The molecule has 0 atom stereocenters. The molecule has 208 valence electrons. The summed E-state index contributed by atoms with van der Waals surface area (Å²) in [6.07, 6.45) is -7.06. The first kappa shape index (κ1) is 29.3. The number of benzene rings is 2. The van der Waals surface area contributed by atoms with Crippen LogP contribution in [0.1, 0.15) is 22.4 Å². The van der Waals surface area contributed by atoms with Gasteiger partial charge in [-0.25, -0.2) is 4.79 Å². The zero-order valence-electron chi connectivity index (χ0n) is 20.9. The van der Waals surface area contributed by atoms with Gasteiger partial charge in [-0.15, -0.1) is 6.58 Å². The Morgan fingerprint density at radius 2 is 1.51 bits per heavy atom. The number of alkyl halides is 6. The lowest BCUT2D eigenvalue weighted by atomic mass is 10.1. The van der Waals surface area contributed by atoms with Crippen LogP contribution in [0, 0.1) is 0 Å². The fourth-order valence-corrected chi connectivity index (χ4v) is 3.76. The van der Waals surface area contributed by atoms with E-state index in [1.165, 1.54) is 11.0 Å². The summed E-state index contributed by atoms with van der Waals surface area (Å²) in [6.45, 7) is 3.24. The minimum atomic E-state index is -5.08. The Bertz CT molecular complexity index is 1270. The van der Waals surface area contributed by atoms with Crippen LogP contribution in [0.4, 0.5) is 36.8 Å². The third-order valence-corrected chi connectivity index (χ3v) is 5.77. The van der Waals surface area contributed by atoms with Crippen molar-refractivity contribution in [2.75, 3.05) is 18.4 Å². The van der Waals surface area contributed by atoms with Crippen molar-refractivity contribution < 1.29 is 35.9 Å². The number of aromatic nitrogens is 1. The molecule has 0 unspecified atom stereocenters. The predicted octanol–water partition coefficient (Wildman–Crippen LogP) is 6.31. The lowest BCUT2D eigenvalue weighted by molar-refractivity contribution is -0.143. The molecule has 0 aliphatic carbocycles. The normalized spacial score (nSPS) is 11.7. The highest BCUT2D eigenvalue weighted by atomic mass is 19.4. The summed E-state index contributed by atoms with van der Waals surface area (Å²) in [7, 11) is 1.81. The van der Waals surface area contributed by atoms with Crippen LogP contribution in [0.25, 0.3) is 0 Å². The zero-order chi connectivity index (χ0) is 28.8. The topological polar surface area (TPSA) is 57.6 Å². The van der Waals surface area contributed by atoms with Crippen molar-refractivity contribution in [2.24, 2.45) is 7.05 Å². The first-order chi connectivity index (χ1) is 18.3. The second-order valence-electron chi connectivity index (χ2n) is 8.74. The molecule has 0 aliphatic rings. The van der Waals surface area contributed by atoms with Crippen molar-refractivity contribution in [1.29, 1.82) is 0 Å². The second kappa shape index (κ2) is 12.1. The minimum absolute atomic E-state index is 0.0360. The van der Waals surface area contributed by atoms with E-state index in [2.05, 4.69) is 11.9 Å². The number of carbonyl (C=O) groups is 2. The van der Waals surface area contributed by atoms with Gasteiger partial charge in [0.2, 0.25) is 5.91 Å². The molecule has 3 amide bonds. The van der Waals surface area contributed by atoms with Crippen LogP contribution in [0.15, 0.2) is 79.5 Å². The zero-order valence-corrected chi connectivity index (χ0v) is 20.9. The van der Waals surface area contributed by atoms with Crippen LogP contribution in [-0.2, 0) is 37.3 Å². The maximum absolute atomic E-state index is 13.4. The molecule has 0 radical (unpaired) electrons. The lowest BCUT2D eigenvalue weighted by Crippen LogP contribution is -2.44. The minimum Gasteiger partial charge on any atom is -0.353 e. The van der Waals surface area contributed by atoms with E-state index in [9.17, 15) is 35.9 Å². The van der Waals surface area contributed by atoms with Gasteiger partial charge in [0.1, 0.15) is 6.54 Å². The molecule has 0 fully saturated rings. The molecule has 3 rings (SSSR count). The number of halogens is 6. The maximum Gasteiger partial charge on any atom is 0.416 e. The van der Waals surface area contributed by atoms with Gasteiger partial charge in [0.05, 0.1) is 17.7 Å². The number of rotatable bonds is 9. The van der Waals surface area contributed by atoms with Crippen LogP contribution in [-0.4, -0.2) is 39.4 Å². The summed E-state index contributed by atoms with van der Waals surface area (Å²) in [5, 5.41) is 2.06. The highest BCUT2D eigenvalue weighted by Crippen LogP contribution is 2.37.